The summed E-state index contributed by atoms with van der Waals surface area (Å²) in [5.74, 6) is -1.11. The summed E-state index contributed by atoms with van der Waals surface area (Å²) < 4.78 is 10.4. The van der Waals surface area contributed by atoms with Crippen LogP contribution in [0.2, 0.25) is 0 Å². The molecule has 0 fully saturated rings. The van der Waals surface area contributed by atoms with Crippen molar-refractivity contribution in [2.45, 2.75) is 46.3 Å². The zero-order valence-electron chi connectivity index (χ0n) is 17.2. The summed E-state index contributed by atoms with van der Waals surface area (Å²) in [4.78, 5) is 36.5. The maximum Gasteiger partial charge on any atom is 0.412 e. The van der Waals surface area contributed by atoms with Gasteiger partial charge in [-0.1, -0.05) is 18.2 Å². The Morgan fingerprint density at radius 1 is 0.931 bits per heavy atom. The fourth-order valence-electron chi connectivity index (χ4n) is 2.39. The van der Waals surface area contributed by atoms with Crippen LogP contribution in [0, 0.1) is 6.92 Å². The van der Waals surface area contributed by atoms with Gasteiger partial charge in [0.05, 0.1) is 5.56 Å². The molecule has 2 N–H and O–H groups in total. The predicted octanol–water partition coefficient (Wildman–Crippen LogP) is 4.53. The number of rotatable bonds is 5. The van der Waals surface area contributed by atoms with Crippen molar-refractivity contribution in [2.24, 2.45) is 0 Å². The van der Waals surface area contributed by atoms with Gasteiger partial charge in [0.1, 0.15) is 5.60 Å². The third-order valence-electron chi connectivity index (χ3n) is 3.68. The molecular weight excluding hydrogens is 372 g/mol. The van der Waals surface area contributed by atoms with Crippen LogP contribution in [0.1, 0.15) is 43.6 Å². The van der Waals surface area contributed by atoms with Crippen molar-refractivity contribution in [3.63, 3.8) is 0 Å². The maximum absolute atomic E-state index is 12.4. The summed E-state index contributed by atoms with van der Waals surface area (Å²) in [5.41, 5.74) is 1.57. The van der Waals surface area contributed by atoms with E-state index < -0.39 is 29.7 Å². The lowest BCUT2D eigenvalue weighted by atomic mass is 10.2. The number of anilines is 2. The first-order chi connectivity index (χ1) is 13.5. The van der Waals surface area contributed by atoms with E-state index in [4.69, 9.17) is 9.47 Å². The van der Waals surface area contributed by atoms with Crippen molar-refractivity contribution in [1.82, 2.24) is 0 Å². The molecule has 2 amide bonds. The molecule has 29 heavy (non-hydrogen) atoms. The Kier molecular flexibility index (Phi) is 6.98. The molecule has 0 aliphatic heterocycles. The number of hydrogen-bond acceptors (Lipinski definition) is 5. The normalized spacial score (nSPS) is 11.9. The van der Waals surface area contributed by atoms with E-state index in [1.807, 2.05) is 25.1 Å². The second-order valence-corrected chi connectivity index (χ2v) is 7.61. The highest BCUT2D eigenvalue weighted by molar-refractivity contribution is 5.98. The SMILES string of the molecule is Cc1cccc(NC(=O)[C@H](C)OC(=O)c2cccc(NC(=O)OC(C)(C)C)c2)c1. The van der Waals surface area contributed by atoms with Gasteiger partial charge in [0.15, 0.2) is 6.10 Å². The molecule has 1 atom stereocenters. The lowest BCUT2D eigenvalue weighted by molar-refractivity contribution is -0.123. The van der Waals surface area contributed by atoms with E-state index in [0.29, 0.717) is 11.4 Å². The average molecular weight is 398 g/mol. The fourth-order valence-corrected chi connectivity index (χ4v) is 2.39. The standard InChI is InChI=1S/C22H26N2O5/c1-14-8-6-10-17(12-14)23-19(25)15(2)28-20(26)16-9-7-11-18(13-16)24-21(27)29-22(3,4)5/h6-13,15H,1-5H3,(H,23,25)(H,24,27)/t15-/m0/s1. The van der Waals surface area contributed by atoms with Gasteiger partial charge >= 0.3 is 12.1 Å². The summed E-state index contributed by atoms with van der Waals surface area (Å²) in [6.45, 7) is 8.67. The summed E-state index contributed by atoms with van der Waals surface area (Å²) in [6.07, 6.45) is -1.63. The Morgan fingerprint density at radius 3 is 2.17 bits per heavy atom. The number of aryl methyl sites for hydroxylation is 1. The first-order valence-corrected chi connectivity index (χ1v) is 9.22. The lowest BCUT2D eigenvalue weighted by Gasteiger charge is -2.19. The van der Waals surface area contributed by atoms with Crippen LogP contribution < -0.4 is 10.6 Å². The highest BCUT2D eigenvalue weighted by atomic mass is 16.6. The molecule has 2 aromatic rings. The molecule has 0 aliphatic carbocycles. The Labute approximate surface area is 170 Å². The number of esters is 1. The second kappa shape index (κ2) is 9.23. The molecule has 0 radical (unpaired) electrons. The van der Waals surface area contributed by atoms with Crippen LogP contribution >= 0.6 is 0 Å². The third kappa shape index (κ3) is 7.29. The highest BCUT2D eigenvalue weighted by Crippen LogP contribution is 2.16. The quantitative estimate of drug-likeness (QED) is 0.722. The van der Waals surface area contributed by atoms with Gasteiger partial charge in [0.25, 0.3) is 5.91 Å². The van der Waals surface area contributed by atoms with Crippen molar-refractivity contribution in [3.8, 4) is 0 Å². The van der Waals surface area contributed by atoms with E-state index in [1.54, 1.807) is 39.0 Å². The molecule has 0 saturated carbocycles. The van der Waals surface area contributed by atoms with Crippen LogP contribution in [0.15, 0.2) is 48.5 Å². The Morgan fingerprint density at radius 2 is 1.55 bits per heavy atom. The topological polar surface area (TPSA) is 93.7 Å². The van der Waals surface area contributed by atoms with Crippen LogP contribution in [0.25, 0.3) is 0 Å². The van der Waals surface area contributed by atoms with Gasteiger partial charge in [0.2, 0.25) is 0 Å². The molecular formula is C22H26N2O5. The number of benzene rings is 2. The summed E-state index contributed by atoms with van der Waals surface area (Å²) >= 11 is 0. The van der Waals surface area contributed by atoms with Crippen molar-refractivity contribution in [2.75, 3.05) is 10.6 Å². The van der Waals surface area contributed by atoms with Crippen LogP contribution in [0.3, 0.4) is 0 Å². The van der Waals surface area contributed by atoms with Crippen molar-refractivity contribution < 1.29 is 23.9 Å². The number of carbonyl (C=O) groups excluding carboxylic acids is 3. The van der Waals surface area contributed by atoms with Gasteiger partial charge in [-0.3, -0.25) is 10.1 Å². The minimum Gasteiger partial charge on any atom is -0.449 e. The molecule has 7 nitrogen and oxygen atoms in total. The van der Waals surface area contributed by atoms with Crippen LogP contribution in [-0.4, -0.2) is 29.7 Å². The molecule has 0 aliphatic rings. The van der Waals surface area contributed by atoms with Gasteiger partial charge in [-0.15, -0.1) is 0 Å². The first-order valence-electron chi connectivity index (χ1n) is 9.22. The molecule has 154 valence electrons. The molecule has 0 heterocycles. The molecule has 0 aromatic heterocycles. The molecule has 0 bridgehead atoms. The van der Waals surface area contributed by atoms with Gasteiger partial charge in [-0.25, -0.2) is 9.59 Å². The highest BCUT2D eigenvalue weighted by Gasteiger charge is 2.20. The number of carbonyl (C=O) groups is 3. The van der Waals surface area contributed by atoms with Crippen molar-refractivity contribution in [1.29, 1.82) is 0 Å². The Hall–Kier alpha value is -3.35. The lowest BCUT2D eigenvalue weighted by Crippen LogP contribution is -2.30. The van der Waals surface area contributed by atoms with Gasteiger partial charge < -0.3 is 14.8 Å². The third-order valence-corrected chi connectivity index (χ3v) is 3.68. The number of amides is 2. The summed E-state index contributed by atoms with van der Waals surface area (Å²) in [5, 5.41) is 5.27. The van der Waals surface area contributed by atoms with Gasteiger partial charge in [-0.05, 0) is 70.5 Å². The molecule has 2 aromatic carbocycles. The van der Waals surface area contributed by atoms with Gasteiger partial charge in [-0.2, -0.15) is 0 Å². The zero-order chi connectivity index (χ0) is 21.6. The Balaban J connectivity index is 1.97. The molecule has 0 saturated heterocycles. The zero-order valence-corrected chi connectivity index (χ0v) is 17.2. The van der Waals surface area contributed by atoms with E-state index in [2.05, 4.69) is 10.6 Å². The molecule has 7 heteroatoms. The van der Waals surface area contributed by atoms with E-state index in [1.165, 1.54) is 19.1 Å². The molecule has 2 rings (SSSR count). The average Bonchev–Trinajstić information content (AvgIpc) is 2.60. The summed E-state index contributed by atoms with van der Waals surface area (Å²) in [7, 11) is 0. The van der Waals surface area contributed by atoms with Crippen LogP contribution in [0.5, 0.6) is 0 Å². The summed E-state index contributed by atoms with van der Waals surface area (Å²) in [6, 6.07) is 13.5. The minimum absolute atomic E-state index is 0.203. The Bertz CT molecular complexity index is 902. The van der Waals surface area contributed by atoms with Gasteiger partial charge in [0, 0.05) is 11.4 Å². The van der Waals surface area contributed by atoms with Crippen molar-refractivity contribution >= 4 is 29.3 Å². The van der Waals surface area contributed by atoms with Crippen LogP contribution in [-0.2, 0) is 14.3 Å². The van der Waals surface area contributed by atoms with E-state index in [-0.39, 0.29) is 5.56 Å². The minimum atomic E-state index is -0.995. The van der Waals surface area contributed by atoms with E-state index >= 15 is 0 Å². The maximum atomic E-state index is 12.4. The largest absolute Gasteiger partial charge is 0.449 e. The predicted molar refractivity (Wildman–Crippen MR) is 111 cm³/mol. The number of hydrogen-bond donors (Lipinski definition) is 2. The smallest absolute Gasteiger partial charge is 0.412 e. The number of nitrogens with one attached hydrogen (secondary N) is 2. The number of ether oxygens (including phenoxy) is 2. The first kappa shape index (κ1) is 21.9. The molecule has 0 spiro atoms. The van der Waals surface area contributed by atoms with Crippen LogP contribution in [0.4, 0.5) is 16.2 Å². The fraction of sp³-hybridized carbons (Fsp3) is 0.318. The van der Waals surface area contributed by atoms with Crippen molar-refractivity contribution in [3.05, 3.63) is 59.7 Å². The van der Waals surface area contributed by atoms with E-state index in [9.17, 15) is 14.4 Å². The second-order valence-electron chi connectivity index (χ2n) is 7.61. The molecule has 0 unspecified atom stereocenters. The van der Waals surface area contributed by atoms with E-state index in [0.717, 1.165) is 5.56 Å². The monoisotopic (exact) mass is 398 g/mol.